The van der Waals surface area contributed by atoms with E-state index in [0.29, 0.717) is 18.4 Å². The molecule has 0 radical (unpaired) electrons. The van der Waals surface area contributed by atoms with E-state index in [2.05, 4.69) is 40.4 Å². The number of nitrogens with zero attached hydrogens (tertiary/aromatic N) is 5. The summed E-state index contributed by atoms with van der Waals surface area (Å²) in [6.45, 7) is 6.38. The second-order valence-electron chi connectivity index (χ2n) is 12.2. The number of carbonyl (C=O) groups is 1. The van der Waals surface area contributed by atoms with Crippen LogP contribution in [0.4, 0.5) is 17.5 Å². The van der Waals surface area contributed by atoms with Crippen LogP contribution in [-0.4, -0.2) is 80.1 Å². The Morgan fingerprint density at radius 3 is 2.20 bits per heavy atom. The maximum Gasteiger partial charge on any atom is 0.295 e. The van der Waals surface area contributed by atoms with Gasteiger partial charge in [-0.3, -0.25) is 18.6 Å². The van der Waals surface area contributed by atoms with Crippen molar-refractivity contribution in [1.82, 2.24) is 29.6 Å². The number of hydrogen-bond acceptors (Lipinski definition) is 10. The fourth-order valence-corrected chi connectivity index (χ4v) is 7.51. The van der Waals surface area contributed by atoms with Gasteiger partial charge >= 0.3 is 0 Å². The van der Waals surface area contributed by atoms with Crippen LogP contribution in [0.2, 0.25) is 0 Å². The van der Waals surface area contributed by atoms with Crippen LogP contribution in [0, 0.1) is 0 Å². The number of benzene rings is 2. The number of aryl methyl sites for hydroxylation is 1. The van der Waals surface area contributed by atoms with Gasteiger partial charge in [-0.25, -0.2) is 0 Å². The second-order valence-corrected chi connectivity index (χ2v) is 15.0. The summed E-state index contributed by atoms with van der Waals surface area (Å²) < 4.78 is 64.4. The molecule has 1 aliphatic carbocycles. The highest BCUT2D eigenvalue weighted by molar-refractivity contribution is 7.86. The molecule has 258 valence electrons. The number of likely N-dealkylation sites (tertiary alicyclic amines) is 1. The molecule has 49 heavy (non-hydrogen) atoms. The van der Waals surface area contributed by atoms with Gasteiger partial charge in [-0.2, -0.15) is 31.9 Å². The van der Waals surface area contributed by atoms with E-state index in [1.54, 1.807) is 10.9 Å². The molecule has 2 aromatic carbocycles. The molecule has 7 rings (SSSR count). The molecule has 2 atom stereocenters. The van der Waals surface area contributed by atoms with Gasteiger partial charge in [-0.1, -0.05) is 30.8 Å². The Balaban J connectivity index is 0.000000197. The lowest BCUT2D eigenvalue weighted by atomic mass is 9.99. The molecule has 17 heteroatoms. The summed E-state index contributed by atoms with van der Waals surface area (Å²) in [6.07, 6.45) is 11.4. The third-order valence-corrected chi connectivity index (χ3v) is 10.4. The van der Waals surface area contributed by atoms with Gasteiger partial charge in [0.15, 0.2) is 0 Å². The highest BCUT2D eigenvalue weighted by Crippen LogP contribution is 2.45. The highest BCUT2D eigenvalue weighted by Gasteiger charge is 2.31. The molecule has 5 aromatic rings. The first kappa shape index (κ1) is 34.0. The predicted molar refractivity (Wildman–Crippen MR) is 184 cm³/mol. The first-order valence-electron chi connectivity index (χ1n) is 15.5. The number of H-pyrrole nitrogens is 1. The molecule has 1 saturated heterocycles. The molecule has 3 aromatic heterocycles. The Labute approximate surface area is 282 Å². The average Bonchev–Trinajstić information content (AvgIpc) is 3.68. The van der Waals surface area contributed by atoms with E-state index in [0.717, 1.165) is 47.5 Å². The van der Waals surface area contributed by atoms with Crippen LogP contribution in [-0.2, 0) is 32.1 Å². The molecule has 2 fully saturated rings. The lowest BCUT2D eigenvalue weighted by Gasteiger charge is -2.38. The Bertz CT molecular complexity index is 2210. The minimum absolute atomic E-state index is 0.0221. The summed E-state index contributed by atoms with van der Waals surface area (Å²) >= 11 is 0. The summed E-state index contributed by atoms with van der Waals surface area (Å²) in [6, 6.07) is 7.86. The van der Waals surface area contributed by atoms with E-state index < -0.39 is 30.0 Å². The summed E-state index contributed by atoms with van der Waals surface area (Å²) in [5, 5.41) is 12.2. The SMILES string of the molecule is C=CC(=O)N1C[C@H](Nc2nc(Nc3cnn(C)c3)nc3[nH]cc(C4CC4)c23)CC[C@@H]1C.O=S(=O)(O)c1cccc2c(S(=O)(=O)O)cccc12. The van der Waals surface area contributed by atoms with E-state index in [9.17, 15) is 21.6 Å². The van der Waals surface area contributed by atoms with Crippen molar-refractivity contribution in [2.24, 2.45) is 7.05 Å². The van der Waals surface area contributed by atoms with Crippen molar-refractivity contribution in [1.29, 1.82) is 0 Å². The van der Waals surface area contributed by atoms with Gasteiger partial charge in [-0.05, 0) is 62.3 Å². The summed E-state index contributed by atoms with van der Waals surface area (Å²) in [5.74, 6) is 1.87. The number of anilines is 3. The van der Waals surface area contributed by atoms with E-state index in [-0.39, 0.29) is 28.8 Å². The topological polar surface area (TPSA) is 212 Å². The Morgan fingerprint density at radius 2 is 1.65 bits per heavy atom. The van der Waals surface area contributed by atoms with Crippen molar-refractivity contribution in [3.63, 3.8) is 0 Å². The Morgan fingerprint density at radius 1 is 1.00 bits per heavy atom. The molecular weight excluding hydrogens is 673 g/mol. The van der Waals surface area contributed by atoms with Crippen LogP contribution < -0.4 is 10.6 Å². The number of fused-ring (bicyclic) bond motifs is 2. The summed E-state index contributed by atoms with van der Waals surface area (Å²) in [7, 11) is -7.07. The number of nitrogens with one attached hydrogen (secondary N) is 3. The molecule has 15 nitrogen and oxygen atoms in total. The highest BCUT2D eigenvalue weighted by atomic mass is 32.2. The zero-order valence-electron chi connectivity index (χ0n) is 26.7. The smallest absolute Gasteiger partial charge is 0.295 e. The molecule has 1 amide bonds. The number of aromatic nitrogens is 5. The normalized spacial score (nSPS) is 18.2. The van der Waals surface area contributed by atoms with E-state index in [1.165, 1.54) is 48.7 Å². The van der Waals surface area contributed by atoms with Gasteiger partial charge in [0.25, 0.3) is 20.2 Å². The van der Waals surface area contributed by atoms with Crippen molar-refractivity contribution < 1.29 is 30.7 Å². The van der Waals surface area contributed by atoms with Crippen LogP contribution >= 0.6 is 0 Å². The number of amides is 1. The first-order valence-corrected chi connectivity index (χ1v) is 18.4. The zero-order valence-corrected chi connectivity index (χ0v) is 28.4. The van der Waals surface area contributed by atoms with Gasteiger partial charge in [0, 0.05) is 48.8 Å². The third-order valence-electron chi connectivity index (χ3n) is 8.62. The van der Waals surface area contributed by atoms with Gasteiger partial charge in [0.2, 0.25) is 11.9 Å². The van der Waals surface area contributed by atoms with E-state index in [1.807, 2.05) is 18.1 Å². The minimum Gasteiger partial charge on any atom is -0.365 e. The summed E-state index contributed by atoms with van der Waals surface area (Å²) in [4.78, 5) is 26.2. The van der Waals surface area contributed by atoms with Gasteiger partial charge < -0.3 is 20.5 Å². The molecule has 0 unspecified atom stereocenters. The van der Waals surface area contributed by atoms with Gasteiger partial charge in [0.1, 0.15) is 21.3 Å². The van der Waals surface area contributed by atoms with Crippen LogP contribution in [0.5, 0.6) is 0 Å². The standard InChI is InChI=1S/C22H28N8O.C10H8O6S2/c1-4-18(31)30-12-15(8-5-13(30)2)25-21-19-17(14-6-7-14)10-23-20(19)27-22(28-21)26-16-9-24-29(3)11-16;11-17(12,13)9-5-1-3-7-8(9)4-2-6-10(7)18(14,15)16/h4,9-11,13-15H,1,5-8,12H2,2-3H3,(H3,23,25,26,27,28);1-6H,(H,11,12,13)(H,14,15,16)/t13-,15+;/m0./s1. The van der Waals surface area contributed by atoms with Gasteiger partial charge in [-0.15, -0.1) is 0 Å². The Hall–Kier alpha value is -4.84. The molecule has 0 spiro atoms. The van der Waals surface area contributed by atoms with Crippen LogP contribution in [0.25, 0.3) is 21.8 Å². The van der Waals surface area contributed by atoms with Crippen LogP contribution in [0.3, 0.4) is 0 Å². The fraction of sp³-hybridized carbons (Fsp3) is 0.312. The number of piperidine rings is 1. The molecule has 1 saturated carbocycles. The third kappa shape index (κ3) is 7.44. The Kier molecular flexibility index (Phi) is 9.19. The molecule has 2 aliphatic rings. The number of hydrogen-bond donors (Lipinski definition) is 5. The maximum absolute atomic E-state index is 12.3. The zero-order chi connectivity index (χ0) is 35.1. The lowest BCUT2D eigenvalue weighted by Crippen LogP contribution is -2.49. The number of rotatable bonds is 8. The number of carbonyl (C=O) groups excluding carboxylic acids is 1. The lowest BCUT2D eigenvalue weighted by molar-refractivity contribution is -0.129. The predicted octanol–water partition coefficient (Wildman–Crippen LogP) is 4.62. The minimum atomic E-state index is -4.47. The molecular formula is C32H36N8O7S2. The monoisotopic (exact) mass is 708 g/mol. The molecule has 5 N–H and O–H groups in total. The van der Waals surface area contributed by atoms with E-state index in [4.69, 9.17) is 19.1 Å². The van der Waals surface area contributed by atoms with Crippen molar-refractivity contribution in [2.75, 3.05) is 17.2 Å². The van der Waals surface area contributed by atoms with Crippen LogP contribution in [0.1, 0.15) is 44.1 Å². The molecule has 4 heterocycles. The quantitative estimate of drug-likeness (QED) is 0.110. The second kappa shape index (κ2) is 13.2. The van der Waals surface area contributed by atoms with Gasteiger partial charge in [0.05, 0.1) is 17.3 Å². The molecule has 0 bridgehead atoms. The summed E-state index contributed by atoms with van der Waals surface area (Å²) in [5.41, 5.74) is 2.92. The van der Waals surface area contributed by atoms with E-state index >= 15 is 0 Å². The van der Waals surface area contributed by atoms with Crippen molar-refractivity contribution in [3.05, 3.63) is 73.2 Å². The maximum atomic E-state index is 12.3. The molecule has 1 aliphatic heterocycles. The average molecular weight is 709 g/mol. The number of aromatic amines is 1. The van der Waals surface area contributed by atoms with Crippen molar-refractivity contribution in [2.45, 2.75) is 60.4 Å². The fourth-order valence-electron chi connectivity index (χ4n) is 6.09. The largest absolute Gasteiger partial charge is 0.365 e. The van der Waals surface area contributed by atoms with Crippen molar-refractivity contribution in [3.8, 4) is 0 Å². The van der Waals surface area contributed by atoms with Crippen LogP contribution in [0.15, 0.2) is 77.4 Å². The first-order chi connectivity index (χ1) is 23.2. The van der Waals surface area contributed by atoms with Crippen molar-refractivity contribution >= 4 is 65.4 Å².